The first-order valence-electron chi connectivity index (χ1n) is 26.3. The number of ether oxygens (including phenoxy) is 1. The number of hydrogen-bond acceptors (Lipinski definition) is 16. The number of nitrogens with zero attached hydrogens (tertiary/aromatic N) is 5. The lowest BCUT2D eigenvalue weighted by atomic mass is 10.0. The molecule has 2 fully saturated rings. The summed E-state index contributed by atoms with van der Waals surface area (Å²) < 4.78 is 6.65. The zero-order chi connectivity index (χ0) is 58.8. The van der Waals surface area contributed by atoms with Crippen molar-refractivity contribution in [3.63, 3.8) is 0 Å². The van der Waals surface area contributed by atoms with E-state index in [1.165, 1.54) is 0 Å². The fourth-order valence-corrected chi connectivity index (χ4v) is 9.23. The number of aliphatic carboxylic acids is 7. The SMILES string of the molecule is O=C(O)CC[C@@H](NC(=O)N[C@H](CCCCN(Cc1ccc(Br)cc1)C(=O)CCCCNC(=O)c1ccc(CNC2(CCC(C(=O)O)N3CCN(CC(=O)O)CCN(CC(=O)O)CCN(CC(=O)O)CC3)CO2)cc1)C(=O)O)C(=O)O. The molecule has 11 N–H and O–H groups in total. The van der Waals surface area contributed by atoms with Gasteiger partial charge in [0.05, 0.1) is 26.2 Å². The van der Waals surface area contributed by atoms with Crippen molar-refractivity contribution in [2.75, 3.05) is 91.7 Å². The predicted molar refractivity (Wildman–Crippen MR) is 287 cm³/mol. The van der Waals surface area contributed by atoms with Crippen molar-refractivity contribution < 1.29 is 88.4 Å². The molecule has 0 aliphatic carbocycles. The van der Waals surface area contributed by atoms with Crippen molar-refractivity contribution in [3.05, 3.63) is 69.7 Å². The first kappa shape index (κ1) is 65.7. The van der Waals surface area contributed by atoms with Crippen LogP contribution in [0.15, 0.2) is 53.0 Å². The molecule has 4 atom stereocenters. The first-order valence-corrected chi connectivity index (χ1v) is 27.1. The summed E-state index contributed by atoms with van der Waals surface area (Å²) in [7, 11) is 0. The number of carbonyl (C=O) groups excluding carboxylic acids is 3. The van der Waals surface area contributed by atoms with Crippen LogP contribution in [0, 0.1) is 0 Å². The van der Waals surface area contributed by atoms with Gasteiger partial charge in [-0.05, 0) is 86.8 Å². The molecule has 2 aliphatic heterocycles. The van der Waals surface area contributed by atoms with Crippen molar-refractivity contribution >= 4 is 75.6 Å². The van der Waals surface area contributed by atoms with Crippen LogP contribution >= 0.6 is 15.9 Å². The number of carbonyl (C=O) groups is 10. The Labute approximate surface area is 470 Å². The summed E-state index contributed by atoms with van der Waals surface area (Å²) in [4.78, 5) is 129. The number of amides is 4. The number of nitrogens with one attached hydrogen (secondary N) is 4. The van der Waals surface area contributed by atoms with Gasteiger partial charge in [0.25, 0.3) is 5.91 Å². The molecule has 28 heteroatoms. The Hall–Kier alpha value is -6.82. The minimum absolute atomic E-state index is 0.0357. The van der Waals surface area contributed by atoms with Gasteiger partial charge in [0.1, 0.15) is 23.9 Å². The largest absolute Gasteiger partial charge is 0.481 e. The summed E-state index contributed by atoms with van der Waals surface area (Å²) in [6.45, 7) is 1.91. The van der Waals surface area contributed by atoms with E-state index in [2.05, 4.69) is 37.2 Å². The Balaban J connectivity index is 1.25. The van der Waals surface area contributed by atoms with E-state index in [9.17, 15) is 78.6 Å². The number of hydrogen-bond donors (Lipinski definition) is 11. The van der Waals surface area contributed by atoms with Crippen molar-refractivity contribution in [1.29, 1.82) is 0 Å². The summed E-state index contributed by atoms with van der Waals surface area (Å²) in [5, 5.41) is 77.6. The summed E-state index contributed by atoms with van der Waals surface area (Å²) in [6.07, 6.45) is 1.24. The Morgan fingerprint density at radius 2 is 1.10 bits per heavy atom. The third-order valence-electron chi connectivity index (χ3n) is 13.6. The Morgan fingerprint density at radius 1 is 0.588 bits per heavy atom. The second-order valence-corrected chi connectivity index (χ2v) is 20.7. The van der Waals surface area contributed by atoms with Crippen LogP contribution in [0.25, 0.3) is 0 Å². The monoisotopic (exact) mass is 1190 g/mol. The normalized spacial score (nSPS) is 17.8. The number of carboxylic acid groups (broad SMARTS) is 7. The maximum absolute atomic E-state index is 13.5. The zero-order valence-corrected chi connectivity index (χ0v) is 46.1. The van der Waals surface area contributed by atoms with Crippen LogP contribution in [-0.4, -0.2) is 235 Å². The number of carboxylic acids is 7. The van der Waals surface area contributed by atoms with Crippen LogP contribution in [0.2, 0.25) is 0 Å². The molecule has 2 aliphatic rings. The molecule has 0 aromatic heterocycles. The Kier molecular flexibility index (Phi) is 27.7. The quantitative estimate of drug-likeness (QED) is 0.0346. The minimum atomic E-state index is -1.54. The predicted octanol–water partition coefficient (Wildman–Crippen LogP) is 1.14. The maximum Gasteiger partial charge on any atom is 0.326 e. The van der Waals surface area contributed by atoms with Crippen LogP contribution in [-0.2, 0) is 56.2 Å². The maximum atomic E-state index is 13.5. The molecule has 27 nitrogen and oxygen atoms in total. The van der Waals surface area contributed by atoms with E-state index >= 15 is 0 Å². The molecule has 0 bridgehead atoms. The van der Waals surface area contributed by atoms with E-state index < -0.39 is 84.5 Å². The van der Waals surface area contributed by atoms with Gasteiger partial charge in [0.15, 0.2) is 0 Å². The molecule has 2 unspecified atom stereocenters. The lowest BCUT2D eigenvalue weighted by Gasteiger charge is -2.35. The summed E-state index contributed by atoms with van der Waals surface area (Å²) >= 11 is 3.41. The zero-order valence-electron chi connectivity index (χ0n) is 44.5. The summed E-state index contributed by atoms with van der Waals surface area (Å²) in [5.74, 6) is -8.94. The fourth-order valence-electron chi connectivity index (χ4n) is 8.96. The van der Waals surface area contributed by atoms with Crippen LogP contribution in [0.3, 0.4) is 0 Å². The first-order chi connectivity index (χ1) is 38.0. The third kappa shape index (κ3) is 25.1. The van der Waals surface area contributed by atoms with Gasteiger partial charge in [-0.3, -0.25) is 58.5 Å². The van der Waals surface area contributed by atoms with Gasteiger partial charge in [-0.1, -0.05) is 40.2 Å². The number of epoxide rings is 1. The number of benzene rings is 2. The van der Waals surface area contributed by atoms with Crippen LogP contribution in [0.5, 0.6) is 0 Å². The van der Waals surface area contributed by atoms with Gasteiger partial charge in [0, 0.05) is 101 Å². The summed E-state index contributed by atoms with van der Waals surface area (Å²) in [5.41, 5.74) is 1.26. The summed E-state index contributed by atoms with van der Waals surface area (Å²) in [6, 6.07) is 9.27. The molecular formula is C52H74BrN9O18. The van der Waals surface area contributed by atoms with Gasteiger partial charge in [-0.2, -0.15) is 0 Å². The molecule has 2 heterocycles. The lowest BCUT2D eigenvalue weighted by molar-refractivity contribution is -0.145. The van der Waals surface area contributed by atoms with Gasteiger partial charge < -0.3 is 61.3 Å². The van der Waals surface area contributed by atoms with E-state index in [0.29, 0.717) is 44.4 Å². The minimum Gasteiger partial charge on any atom is -0.481 e. The standard InChI is InChI=1S/C52H74BrN9O18/c53-38-13-9-36(10-14-38)30-62(20-4-2-5-39(48(73)74)56-51(79)57-40(49(75)76)15-16-43(64)65)42(63)6-1-3-19-54-47(72)37-11-7-35(8-12-37)29-55-52(34-80-52)18-17-41(50(77)78)61-27-25-59(32-45(68)69)23-21-58(31-44(66)67)22-24-60(26-28-61)33-46(70)71/h7-14,39-41,55H,1-6,15-34H2,(H,54,72)(H,64,65)(H,66,67)(H,68,69)(H,70,71)(H,73,74)(H,75,76)(H,77,78)(H2,56,57,79)/t39-,40-,41?,52?/m1/s1. The van der Waals surface area contributed by atoms with Crippen molar-refractivity contribution in [3.8, 4) is 0 Å². The average Bonchev–Trinajstić information content (AvgIpc) is 4.24. The van der Waals surface area contributed by atoms with Gasteiger partial charge in [0.2, 0.25) is 5.91 Å². The molecule has 4 amide bonds. The molecular weight excluding hydrogens is 1120 g/mol. The molecule has 0 radical (unpaired) electrons. The number of unbranched alkanes of at least 4 members (excludes halogenated alkanes) is 2. The van der Waals surface area contributed by atoms with Crippen LogP contribution in [0.4, 0.5) is 4.79 Å². The molecule has 2 aromatic carbocycles. The molecule has 2 saturated heterocycles. The van der Waals surface area contributed by atoms with E-state index in [-0.39, 0.29) is 129 Å². The topological polar surface area (TPSA) is 389 Å². The van der Waals surface area contributed by atoms with Gasteiger partial charge in [-0.25, -0.2) is 14.4 Å². The molecule has 2 aromatic rings. The lowest BCUT2D eigenvalue weighted by Crippen LogP contribution is -2.52. The second kappa shape index (κ2) is 33.7. The Bertz CT molecular complexity index is 2380. The van der Waals surface area contributed by atoms with Gasteiger partial charge in [-0.15, -0.1) is 0 Å². The number of urea groups is 1. The van der Waals surface area contributed by atoms with Gasteiger partial charge >= 0.3 is 47.8 Å². The number of halogens is 1. The van der Waals surface area contributed by atoms with Crippen molar-refractivity contribution in [2.24, 2.45) is 0 Å². The highest BCUT2D eigenvalue weighted by molar-refractivity contribution is 9.10. The number of rotatable bonds is 34. The average molecular weight is 1190 g/mol. The van der Waals surface area contributed by atoms with E-state index in [1.54, 1.807) is 48.8 Å². The van der Waals surface area contributed by atoms with E-state index in [0.717, 1.165) is 15.6 Å². The van der Waals surface area contributed by atoms with Crippen LogP contribution < -0.4 is 21.3 Å². The molecule has 0 saturated carbocycles. The highest BCUT2D eigenvalue weighted by atomic mass is 79.9. The van der Waals surface area contributed by atoms with Crippen LogP contribution in [0.1, 0.15) is 85.7 Å². The molecule has 442 valence electrons. The Morgan fingerprint density at radius 3 is 1.59 bits per heavy atom. The van der Waals surface area contributed by atoms with Crippen molar-refractivity contribution in [1.82, 2.24) is 45.8 Å². The van der Waals surface area contributed by atoms with E-state index in [1.807, 2.05) is 24.3 Å². The molecule has 80 heavy (non-hydrogen) atoms. The molecule has 0 spiro atoms. The second-order valence-electron chi connectivity index (χ2n) is 19.8. The van der Waals surface area contributed by atoms with Crippen molar-refractivity contribution in [2.45, 2.75) is 101 Å². The fraction of sp³-hybridized carbons (Fsp3) is 0.577. The smallest absolute Gasteiger partial charge is 0.326 e. The highest BCUT2D eigenvalue weighted by Gasteiger charge is 2.45. The van der Waals surface area contributed by atoms with E-state index in [4.69, 9.17) is 9.84 Å². The third-order valence-corrected chi connectivity index (χ3v) is 14.1. The molecule has 4 rings (SSSR count). The highest BCUT2D eigenvalue weighted by Crippen LogP contribution is 2.31.